The maximum absolute atomic E-state index is 11.7. The highest BCUT2D eigenvalue weighted by Crippen LogP contribution is 2.42. The summed E-state index contributed by atoms with van der Waals surface area (Å²) in [5.41, 5.74) is 2.83. The van der Waals surface area contributed by atoms with E-state index in [-0.39, 0.29) is 17.2 Å². The third-order valence-corrected chi connectivity index (χ3v) is 4.98. The summed E-state index contributed by atoms with van der Waals surface area (Å²) in [5.74, 6) is 0.240. The molecule has 0 aromatic rings. The third kappa shape index (κ3) is 4.76. The number of esters is 1. The summed E-state index contributed by atoms with van der Waals surface area (Å²) < 4.78 is 4.86. The maximum Gasteiger partial charge on any atom is 0.331 e. The van der Waals surface area contributed by atoms with Crippen molar-refractivity contribution in [3.63, 3.8) is 0 Å². The van der Waals surface area contributed by atoms with Gasteiger partial charge >= 0.3 is 5.97 Å². The SMILES string of the molecule is CC1=CC(=O)CC(C)(C)[C@@H]1CC/C(C=O)=C/CCC1=CC(=O)OC1. The van der Waals surface area contributed by atoms with Crippen LogP contribution in [-0.2, 0) is 19.1 Å². The number of carbonyl (C=O) groups excluding carboxylic acids is 3. The highest BCUT2D eigenvalue weighted by atomic mass is 16.5. The molecule has 0 radical (unpaired) electrons. The summed E-state index contributed by atoms with van der Waals surface area (Å²) in [5, 5.41) is 0. The van der Waals surface area contributed by atoms with Crippen LogP contribution < -0.4 is 0 Å². The first-order chi connectivity index (χ1) is 11.3. The summed E-state index contributed by atoms with van der Waals surface area (Å²) in [4.78, 5) is 34.1. The standard InChI is InChI=1S/C20H26O4/c1-14-9-17(22)11-20(2,3)18(14)8-7-15(12-21)5-4-6-16-10-19(23)24-13-16/h5,9-10,12,18H,4,6-8,11,13H2,1-3H3/b15-5-/t18-/m1/s1. The van der Waals surface area contributed by atoms with Gasteiger partial charge in [-0.2, -0.15) is 0 Å². The van der Waals surface area contributed by atoms with Crippen molar-refractivity contribution in [1.29, 1.82) is 0 Å². The normalized spacial score (nSPS) is 23.6. The lowest BCUT2D eigenvalue weighted by Crippen LogP contribution is -2.31. The molecule has 0 bridgehead atoms. The summed E-state index contributed by atoms with van der Waals surface area (Å²) in [6.45, 7) is 6.63. The van der Waals surface area contributed by atoms with Crippen molar-refractivity contribution in [1.82, 2.24) is 0 Å². The zero-order chi connectivity index (χ0) is 17.7. The lowest BCUT2D eigenvalue weighted by molar-refractivity contribution is -0.135. The molecule has 1 atom stereocenters. The summed E-state index contributed by atoms with van der Waals surface area (Å²) >= 11 is 0. The monoisotopic (exact) mass is 330 g/mol. The molecular formula is C20H26O4. The molecule has 0 spiro atoms. The molecule has 4 heteroatoms. The molecule has 0 amide bonds. The first-order valence-electron chi connectivity index (χ1n) is 8.53. The van der Waals surface area contributed by atoms with Crippen molar-refractivity contribution in [2.45, 2.75) is 52.9 Å². The van der Waals surface area contributed by atoms with Crippen LogP contribution in [0.2, 0.25) is 0 Å². The van der Waals surface area contributed by atoms with Crippen molar-refractivity contribution >= 4 is 18.0 Å². The second kappa shape index (κ2) is 7.73. The smallest absolute Gasteiger partial charge is 0.331 e. The van der Waals surface area contributed by atoms with Gasteiger partial charge in [0.1, 0.15) is 12.9 Å². The van der Waals surface area contributed by atoms with Crippen molar-refractivity contribution in [3.8, 4) is 0 Å². The Balaban J connectivity index is 1.90. The van der Waals surface area contributed by atoms with E-state index in [9.17, 15) is 14.4 Å². The topological polar surface area (TPSA) is 60.4 Å². The second-order valence-corrected chi connectivity index (χ2v) is 7.46. The fourth-order valence-electron chi connectivity index (χ4n) is 3.73. The van der Waals surface area contributed by atoms with Gasteiger partial charge in [-0.15, -0.1) is 0 Å². The molecule has 2 aliphatic rings. The Kier molecular flexibility index (Phi) is 5.92. The molecule has 0 N–H and O–H groups in total. The van der Waals surface area contributed by atoms with E-state index in [1.165, 1.54) is 6.08 Å². The van der Waals surface area contributed by atoms with Gasteiger partial charge in [0.25, 0.3) is 0 Å². The lowest BCUT2D eigenvalue weighted by atomic mass is 9.66. The van der Waals surface area contributed by atoms with E-state index in [1.54, 1.807) is 6.08 Å². The van der Waals surface area contributed by atoms with Crippen molar-refractivity contribution in [2.24, 2.45) is 11.3 Å². The molecule has 0 unspecified atom stereocenters. The Morgan fingerprint density at radius 3 is 2.67 bits per heavy atom. The van der Waals surface area contributed by atoms with E-state index in [4.69, 9.17) is 4.74 Å². The number of carbonyl (C=O) groups is 3. The van der Waals surface area contributed by atoms with Crippen LogP contribution >= 0.6 is 0 Å². The quantitative estimate of drug-likeness (QED) is 0.405. The molecule has 1 heterocycles. The van der Waals surface area contributed by atoms with Gasteiger partial charge in [0.2, 0.25) is 0 Å². The maximum atomic E-state index is 11.7. The van der Waals surface area contributed by atoms with E-state index >= 15 is 0 Å². The van der Waals surface area contributed by atoms with E-state index < -0.39 is 0 Å². The van der Waals surface area contributed by atoms with Crippen LogP contribution in [0.3, 0.4) is 0 Å². The van der Waals surface area contributed by atoms with Gasteiger partial charge in [-0.3, -0.25) is 9.59 Å². The van der Waals surface area contributed by atoms with E-state index in [0.717, 1.165) is 42.3 Å². The first kappa shape index (κ1) is 18.4. The number of cyclic esters (lactones) is 1. The van der Waals surface area contributed by atoms with E-state index in [0.29, 0.717) is 25.4 Å². The minimum atomic E-state index is -0.277. The molecular weight excluding hydrogens is 304 g/mol. The molecule has 0 aromatic heterocycles. The minimum absolute atomic E-state index is 0.0593. The fourth-order valence-corrected chi connectivity index (χ4v) is 3.73. The van der Waals surface area contributed by atoms with Gasteiger partial charge in [-0.1, -0.05) is 25.5 Å². The average molecular weight is 330 g/mol. The van der Waals surface area contributed by atoms with Crippen LogP contribution in [0.1, 0.15) is 52.9 Å². The van der Waals surface area contributed by atoms with Crippen molar-refractivity contribution < 1.29 is 19.1 Å². The molecule has 1 aliphatic carbocycles. The molecule has 1 aliphatic heterocycles. The average Bonchev–Trinajstić information content (AvgIpc) is 2.89. The number of hydrogen-bond donors (Lipinski definition) is 0. The number of ketones is 1. The van der Waals surface area contributed by atoms with E-state index in [1.807, 2.05) is 13.0 Å². The third-order valence-electron chi connectivity index (χ3n) is 4.98. The molecule has 0 saturated carbocycles. The Morgan fingerprint density at radius 2 is 2.08 bits per heavy atom. The molecule has 2 rings (SSSR count). The number of ether oxygens (including phenoxy) is 1. The number of aldehydes is 1. The van der Waals surface area contributed by atoms with Crippen LogP contribution in [0.15, 0.2) is 34.9 Å². The largest absolute Gasteiger partial charge is 0.458 e. The van der Waals surface area contributed by atoms with Crippen LogP contribution in [0.4, 0.5) is 0 Å². The van der Waals surface area contributed by atoms with Gasteiger partial charge < -0.3 is 4.74 Å². The van der Waals surface area contributed by atoms with Crippen LogP contribution in [0, 0.1) is 11.3 Å². The van der Waals surface area contributed by atoms with Gasteiger partial charge in [0, 0.05) is 12.5 Å². The zero-order valence-corrected chi connectivity index (χ0v) is 14.8. The fraction of sp³-hybridized carbons (Fsp3) is 0.550. The Bertz CT molecular complexity index is 620. The Hall–Kier alpha value is -1.97. The number of allylic oxidation sites excluding steroid dienone is 4. The molecule has 0 fully saturated rings. The zero-order valence-electron chi connectivity index (χ0n) is 14.8. The summed E-state index contributed by atoms with van der Waals surface area (Å²) in [6, 6.07) is 0. The summed E-state index contributed by atoms with van der Waals surface area (Å²) in [7, 11) is 0. The van der Waals surface area contributed by atoms with Gasteiger partial charge in [-0.25, -0.2) is 4.79 Å². The lowest BCUT2D eigenvalue weighted by Gasteiger charge is -2.37. The molecule has 4 nitrogen and oxygen atoms in total. The molecule has 0 saturated heterocycles. The van der Waals surface area contributed by atoms with Gasteiger partial charge in [0.05, 0.1) is 0 Å². The van der Waals surface area contributed by atoms with Gasteiger partial charge in [-0.05, 0) is 61.2 Å². The minimum Gasteiger partial charge on any atom is -0.458 e. The predicted octanol–water partition coefficient (Wildman–Crippen LogP) is 3.72. The first-order valence-corrected chi connectivity index (χ1v) is 8.53. The van der Waals surface area contributed by atoms with Crippen molar-refractivity contribution in [2.75, 3.05) is 6.61 Å². The Labute approximate surface area is 143 Å². The predicted molar refractivity (Wildman–Crippen MR) is 92.3 cm³/mol. The summed E-state index contributed by atoms with van der Waals surface area (Å²) in [6.07, 6.45) is 9.79. The van der Waals surface area contributed by atoms with E-state index in [2.05, 4.69) is 13.8 Å². The molecule has 24 heavy (non-hydrogen) atoms. The number of rotatable bonds is 7. The van der Waals surface area contributed by atoms with Crippen LogP contribution in [-0.4, -0.2) is 24.6 Å². The van der Waals surface area contributed by atoms with Crippen LogP contribution in [0.25, 0.3) is 0 Å². The van der Waals surface area contributed by atoms with Gasteiger partial charge in [0.15, 0.2) is 5.78 Å². The highest BCUT2D eigenvalue weighted by Gasteiger charge is 2.35. The highest BCUT2D eigenvalue weighted by molar-refractivity contribution is 5.92. The number of hydrogen-bond acceptors (Lipinski definition) is 4. The molecule has 0 aromatic carbocycles. The van der Waals surface area contributed by atoms with Crippen LogP contribution in [0.5, 0.6) is 0 Å². The Morgan fingerprint density at radius 1 is 1.33 bits per heavy atom. The van der Waals surface area contributed by atoms with Crippen molar-refractivity contribution in [3.05, 3.63) is 34.9 Å². The second-order valence-electron chi connectivity index (χ2n) is 7.46. The molecule has 130 valence electrons.